The topological polar surface area (TPSA) is 84.2 Å². The first-order valence-corrected chi connectivity index (χ1v) is 9.03. The molecule has 0 spiro atoms. The summed E-state index contributed by atoms with van der Waals surface area (Å²) in [6, 6.07) is 9.47. The summed E-state index contributed by atoms with van der Waals surface area (Å²) < 4.78 is 1.58. The second-order valence-electron chi connectivity index (χ2n) is 5.31. The van der Waals surface area contributed by atoms with E-state index in [2.05, 4.69) is 15.5 Å². The molecule has 25 heavy (non-hydrogen) atoms. The number of rotatable bonds is 8. The molecule has 0 aliphatic carbocycles. The number of para-hydroxylation sites is 1. The third-order valence-electron chi connectivity index (χ3n) is 3.68. The van der Waals surface area contributed by atoms with Crippen molar-refractivity contribution in [2.24, 2.45) is 0 Å². The van der Waals surface area contributed by atoms with Crippen molar-refractivity contribution in [1.82, 2.24) is 30.0 Å². The van der Waals surface area contributed by atoms with Crippen molar-refractivity contribution < 1.29 is 9.59 Å². The first kappa shape index (κ1) is 18.9. The van der Waals surface area contributed by atoms with Gasteiger partial charge in [0.15, 0.2) is 0 Å². The smallest absolute Gasteiger partial charge is 0.242 e. The molecule has 0 aliphatic rings. The molecule has 1 aromatic heterocycles. The van der Waals surface area contributed by atoms with Crippen LogP contribution in [-0.4, -0.2) is 74.3 Å². The molecule has 0 bridgehead atoms. The van der Waals surface area contributed by atoms with Gasteiger partial charge in [0, 0.05) is 20.1 Å². The summed E-state index contributed by atoms with van der Waals surface area (Å²) in [5.74, 6) is -0.0389. The predicted octanol–water partition coefficient (Wildman–Crippen LogP) is 1.08. The molecule has 0 fully saturated rings. The quantitative estimate of drug-likeness (QED) is 0.654. The van der Waals surface area contributed by atoms with Crippen LogP contribution in [0.25, 0.3) is 5.69 Å². The molecule has 0 atom stereocenters. The molecule has 2 rings (SSSR count). The largest absolute Gasteiger partial charge is 0.342 e. The van der Waals surface area contributed by atoms with Gasteiger partial charge in [0.05, 0.1) is 18.0 Å². The van der Waals surface area contributed by atoms with Crippen LogP contribution in [0, 0.1) is 0 Å². The zero-order valence-corrected chi connectivity index (χ0v) is 15.4. The number of thioether (sulfide) groups is 1. The first-order valence-electron chi connectivity index (χ1n) is 8.05. The second kappa shape index (κ2) is 9.16. The summed E-state index contributed by atoms with van der Waals surface area (Å²) in [6.45, 7) is 5.19. The van der Waals surface area contributed by atoms with Crippen LogP contribution in [0.3, 0.4) is 0 Å². The van der Waals surface area contributed by atoms with Crippen molar-refractivity contribution in [3.8, 4) is 5.69 Å². The fraction of sp³-hybridized carbons (Fsp3) is 0.438. The zero-order chi connectivity index (χ0) is 18.2. The first-order chi connectivity index (χ1) is 12.1. The SMILES string of the molecule is CCN(CC)C(=O)CN(C)C(=O)CSc1nnnn1-c1ccccc1. The minimum absolute atomic E-state index is 0.0556. The summed E-state index contributed by atoms with van der Waals surface area (Å²) in [5.41, 5.74) is 0.826. The summed E-state index contributed by atoms with van der Waals surface area (Å²) in [6.07, 6.45) is 0. The monoisotopic (exact) mass is 362 g/mol. The van der Waals surface area contributed by atoms with E-state index in [1.807, 2.05) is 44.2 Å². The van der Waals surface area contributed by atoms with Crippen LogP contribution >= 0.6 is 11.8 Å². The molecule has 1 heterocycles. The summed E-state index contributed by atoms with van der Waals surface area (Å²) >= 11 is 1.24. The number of likely N-dealkylation sites (N-methyl/N-ethyl adjacent to an activating group) is 2. The highest BCUT2D eigenvalue weighted by Crippen LogP contribution is 2.18. The molecule has 0 aliphatic heterocycles. The van der Waals surface area contributed by atoms with E-state index in [-0.39, 0.29) is 24.1 Å². The highest BCUT2D eigenvalue weighted by atomic mass is 32.2. The predicted molar refractivity (Wildman–Crippen MR) is 95.4 cm³/mol. The summed E-state index contributed by atoms with van der Waals surface area (Å²) in [4.78, 5) is 27.5. The van der Waals surface area contributed by atoms with Crippen molar-refractivity contribution in [2.75, 3.05) is 32.4 Å². The number of amides is 2. The molecular formula is C16H22N6O2S. The highest BCUT2D eigenvalue weighted by molar-refractivity contribution is 7.99. The summed E-state index contributed by atoms with van der Waals surface area (Å²) in [5, 5.41) is 12.1. The number of aromatic nitrogens is 4. The van der Waals surface area contributed by atoms with E-state index >= 15 is 0 Å². The van der Waals surface area contributed by atoms with Crippen molar-refractivity contribution >= 4 is 23.6 Å². The van der Waals surface area contributed by atoms with Crippen LogP contribution < -0.4 is 0 Å². The molecule has 0 saturated carbocycles. The Morgan fingerprint density at radius 3 is 2.44 bits per heavy atom. The van der Waals surface area contributed by atoms with Crippen LogP contribution in [0.15, 0.2) is 35.5 Å². The van der Waals surface area contributed by atoms with Gasteiger partial charge >= 0.3 is 0 Å². The molecule has 0 radical (unpaired) electrons. The second-order valence-corrected chi connectivity index (χ2v) is 6.26. The Morgan fingerprint density at radius 2 is 1.80 bits per heavy atom. The molecule has 0 unspecified atom stereocenters. The van der Waals surface area contributed by atoms with Crippen LogP contribution in [0.1, 0.15) is 13.8 Å². The summed E-state index contributed by atoms with van der Waals surface area (Å²) in [7, 11) is 1.63. The fourth-order valence-electron chi connectivity index (χ4n) is 2.20. The highest BCUT2D eigenvalue weighted by Gasteiger charge is 2.18. The van der Waals surface area contributed by atoms with E-state index in [9.17, 15) is 9.59 Å². The van der Waals surface area contributed by atoms with Crippen molar-refractivity contribution in [3.63, 3.8) is 0 Å². The van der Waals surface area contributed by atoms with Gasteiger partial charge in [-0.2, -0.15) is 4.68 Å². The molecular weight excluding hydrogens is 340 g/mol. The van der Waals surface area contributed by atoms with Crippen LogP contribution in [0.2, 0.25) is 0 Å². The molecule has 2 aromatic rings. The van der Waals surface area contributed by atoms with Crippen LogP contribution in [-0.2, 0) is 9.59 Å². The number of benzene rings is 1. The van der Waals surface area contributed by atoms with Gasteiger partial charge in [-0.3, -0.25) is 9.59 Å². The van der Waals surface area contributed by atoms with Gasteiger partial charge in [-0.05, 0) is 36.4 Å². The number of carbonyl (C=O) groups is 2. The van der Waals surface area contributed by atoms with E-state index in [0.717, 1.165) is 5.69 Å². The lowest BCUT2D eigenvalue weighted by Crippen LogP contribution is -2.41. The number of carbonyl (C=O) groups excluding carboxylic acids is 2. The van der Waals surface area contributed by atoms with Crippen molar-refractivity contribution in [1.29, 1.82) is 0 Å². The Bertz CT molecular complexity index is 702. The maximum absolute atomic E-state index is 12.3. The normalized spacial score (nSPS) is 10.5. The third-order valence-corrected chi connectivity index (χ3v) is 4.58. The van der Waals surface area contributed by atoms with Crippen molar-refractivity contribution in [3.05, 3.63) is 30.3 Å². The van der Waals surface area contributed by atoms with Crippen molar-refractivity contribution in [2.45, 2.75) is 19.0 Å². The van der Waals surface area contributed by atoms with E-state index in [1.54, 1.807) is 16.6 Å². The molecule has 8 nitrogen and oxygen atoms in total. The van der Waals surface area contributed by atoms with Crippen LogP contribution in [0.4, 0.5) is 0 Å². The zero-order valence-electron chi connectivity index (χ0n) is 14.6. The standard InChI is InChI=1S/C16H22N6O2S/c1-4-21(5-2)14(23)11-20(3)15(24)12-25-16-17-18-19-22(16)13-9-7-6-8-10-13/h6-10H,4-5,11-12H2,1-3H3. The van der Waals surface area contributed by atoms with E-state index in [0.29, 0.717) is 18.2 Å². The van der Waals surface area contributed by atoms with Gasteiger partial charge in [0.2, 0.25) is 17.0 Å². The van der Waals surface area contributed by atoms with Crippen LogP contribution in [0.5, 0.6) is 0 Å². The lowest BCUT2D eigenvalue weighted by atomic mass is 10.3. The average molecular weight is 362 g/mol. The molecule has 0 saturated heterocycles. The molecule has 2 amide bonds. The fourth-order valence-corrected chi connectivity index (χ4v) is 3.04. The Kier molecular flexibility index (Phi) is 6.93. The van der Waals surface area contributed by atoms with Gasteiger partial charge in [-0.15, -0.1) is 5.10 Å². The lowest BCUT2D eigenvalue weighted by Gasteiger charge is -2.23. The minimum atomic E-state index is -0.145. The molecule has 1 aromatic carbocycles. The van der Waals surface area contributed by atoms with Gasteiger partial charge in [0.1, 0.15) is 0 Å². The van der Waals surface area contributed by atoms with Gasteiger partial charge in [-0.1, -0.05) is 30.0 Å². The average Bonchev–Trinajstić information content (AvgIpc) is 3.10. The number of tetrazole rings is 1. The molecule has 9 heteroatoms. The Hall–Kier alpha value is -2.42. The van der Waals surface area contributed by atoms with E-state index in [1.165, 1.54) is 16.7 Å². The van der Waals surface area contributed by atoms with Gasteiger partial charge < -0.3 is 9.80 Å². The van der Waals surface area contributed by atoms with Gasteiger partial charge in [0.25, 0.3) is 0 Å². The maximum atomic E-state index is 12.3. The van der Waals surface area contributed by atoms with Gasteiger partial charge in [-0.25, -0.2) is 0 Å². The molecule has 134 valence electrons. The Morgan fingerprint density at radius 1 is 1.12 bits per heavy atom. The third kappa shape index (κ3) is 5.02. The van der Waals surface area contributed by atoms with E-state index < -0.39 is 0 Å². The molecule has 0 N–H and O–H groups in total. The van der Waals surface area contributed by atoms with E-state index in [4.69, 9.17) is 0 Å². The Labute approximate surface area is 151 Å². The number of nitrogens with zero attached hydrogens (tertiary/aromatic N) is 6. The maximum Gasteiger partial charge on any atom is 0.242 e. The number of hydrogen-bond donors (Lipinski definition) is 0. The lowest BCUT2D eigenvalue weighted by molar-refractivity contribution is -0.137. The number of hydrogen-bond acceptors (Lipinski definition) is 6. The Balaban J connectivity index is 1.92. The minimum Gasteiger partial charge on any atom is -0.342 e.